The number of halogens is 1. The molecule has 0 radical (unpaired) electrons. The Balaban J connectivity index is 1.95. The van der Waals surface area contributed by atoms with E-state index < -0.39 is 28.3 Å². The van der Waals surface area contributed by atoms with E-state index in [4.69, 9.17) is 4.74 Å². The van der Waals surface area contributed by atoms with Gasteiger partial charge < -0.3 is 10.1 Å². The number of hydrogen-bond donors (Lipinski definition) is 1. The molecule has 0 fully saturated rings. The number of nitrogens with zero attached hydrogens (tertiary/aromatic N) is 1. The van der Waals surface area contributed by atoms with E-state index in [-0.39, 0.29) is 10.6 Å². The molecule has 0 bridgehead atoms. The molecular formula is C25H27FN2O4S. The average molecular weight is 471 g/mol. The molecule has 0 saturated heterocycles. The Labute approximate surface area is 194 Å². The van der Waals surface area contributed by atoms with E-state index in [9.17, 15) is 17.6 Å². The number of aryl methyl sites for hydroxylation is 3. The van der Waals surface area contributed by atoms with E-state index in [1.807, 2.05) is 39.8 Å². The molecule has 0 unspecified atom stereocenters. The van der Waals surface area contributed by atoms with Crippen molar-refractivity contribution in [3.8, 4) is 5.75 Å². The summed E-state index contributed by atoms with van der Waals surface area (Å²) >= 11 is 0. The first-order valence-electron chi connectivity index (χ1n) is 10.5. The van der Waals surface area contributed by atoms with Crippen LogP contribution in [0.2, 0.25) is 0 Å². The van der Waals surface area contributed by atoms with E-state index in [1.54, 1.807) is 12.1 Å². The van der Waals surface area contributed by atoms with Gasteiger partial charge in [-0.05, 0) is 87.4 Å². The van der Waals surface area contributed by atoms with Crippen molar-refractivity contribution in [1.82, 2.24) is 0 Å². The smallest absolute Gasteiger partial charge is 0.264 e. The first-order valence-corrected chi connectivity index (χ1v) is 11.9. The van der Waals surface area contributed by atoms with Crippen LogP contribution in [0.1, 0.15) is 23.6 Å². The van der Waals surface area contributed by atoms with E-state index in [0.29, 0.717) is 18.0 Å². The standard InChI is InChI=1S/C25H27FN2O4S/c1-5-32-22-10-12-23(13-11-22)33(30,31)28(21-8-6-20(26)7-9-21)16-24(29)27-25-18(3)14-17(2)15-19(25)4/h6-15H,5,16H2,1-4H3,(H,27,29). The Morgan fingerprint density at radius 2 is 1.55 bits per heavy atom. The van der Waals surface area contributed by atoms with E-state index in [2.05, 4.69) is 5.32 Å². The van der Waals surface area contributed by atoms with Gasteiger partial charge in [-0.1, -0.05) is 17.7 Å². The fourth-order valence-electron chi connectivity index (χ4n) is 3.61. The number of ether oxygens (including phenoxy) is 1. The number of nitrogens with one attached hydrogen (secondary N) is 1. The summed E-state index contributed by atoms with van der Waals surface area (Å²) in [7, 11) is -4.12. The van der Waals surface area contributed by atoms with Crippen molar-refractivity contribution < 1.29 is 22.3 Å². The van der Waals surface area contributed by atoms with E-state index in [1.165, 1.54) is 24.3 Å². The van der Waals surface area contributed by atoms with Gasteiger partial charge in [-0.3, -0.25) is 9.10 Å². The zero-order chi connectivity index (χ0) is 24.2. The highest BCUT2D eigenvalue weighted by atomic mass is 32.2. The number of carbonyl (C=O) groups excluding carboxylic acids is 1. The Morgan fingerprint density at radius 3 is 2.09 bits per heavy atom. The zero-order valence-electron chi connectivity index (χ0n) is 19.1. The van der Waals surface area contributed by atoms with Gasteiger partial charge in [-0.15, -0.1) is 0 Å². The van der Waals surface area contributed by atoms with Crippen molar-refractivity contribution in [2.75, 3.05) is 22.8 Å². The van der Waals surface area contributed by atoms with Gasteiger partial charge in [0.2, 0.25) is 5.91 Å². The molecule has 0 aromatic heterocycles. The second kappa shape index (κ2) is 10.0. The maximum atomic E-state index is 13.5. The number of carbonyl (C=O) groups is 1. The third-order valence-corrected chi connectivity index (χ3v) is 6.85. The van der Waals surface area contributed by atoms with Crippen LogP contribution in [0.25, 0.3) is 0 Å². The highest BCUT2D eigenvalue weighted by Gasteiger charge is 2.27. The van der Waals surface area contributed by atoms with Crippen molar-refractivity contribution in [1.29, 1.82) is 0 Å². The molecule has 174 valence electrons. The molecule has 0 aliphatic heterocycles. The maximum absolute atomic E-state index is 13.5. The van der Waals surface area contributed by atoms with Gasteiger partial charge in [0.25, 0.3) is 10.0 Å². The van der Waals surface area contributed by atoms with Crippen LogP contribution in [0.3, 0.4) is 0 Å². The van der Waals surface area contributed by atoms with Crippen LogP contribution < -0.4 is 14.4 Å². The molecule has 3 aromatic rings. The lowest BCUT2D eigenvalue weighted by atomic mass is 10.1. The third kappa shape index (κ3) is 5.70. The van der Waals surface area contributed by atoms with Crippen LogP contribution in [0.15, 0.2) is 65.6 Å². The Bertz CT molecular complexity index is 1220. The lowest BCUT2D eigenvalue weighted by Crippen LogP contribution is -2.38. The quantitative estimate of drug-likeness (QED) is 0.504. The van der Waals surface area contributed by atoms with Crippen molar-refractivity contribution in [3.63, 3.8) is 0 Å². The fraction of sp³-hybridized carbons (Fsp3) is 0.240. The molecule has 0 saturated carbocycles. The van der Waals surface area contributed by atoms with Gasteiger partial charge in [0.15, 0.2) is 0 Å². The normalized spacial score (nSPS) is 11.2. The number of anilines is 2. The molecule has 8 heteroatoms. The summed E-state index contributed by atoms with van der Waals surface area (Å²) in [5.74, 6) is -0.482. The molecule has 3 rings (SSSR count). The van der Waals surface area contributed by atoms with Gasteiger partial charge in [0.05, 0.1) is 17.2 Å². The molecule has 0 aliphatic rings. The molecule has 0 heterocycles. The van der Waals surface area contributed by atoms with Crippen molar-refractivity contribution >= 4 is 27.3 Å². The number of hydrogen-bond acceptors (Lipinski definition) is 4. The van der Waals surface area contributed by atoms with Crippen LogP contribution >= 0.6 is 0 Å². The van der Waals surface area contributed by atoms with Gasteiger partial charge >= 0.3 is 0 Å². The van der Waals surface area contributed by atoms with Gasteiger partial charge in [-0.25, -0.2) is 12.8 Å². The second-order valence-electron chi connectivity index (χ2n) is 7.71. The topological polar surface area (TPSA) is 75.7 Å². The first kappa shape index (κ1) is 24.3. The van der Waals surface area contributed by atoms with Crippen molar-refractivity contribution in [2.45, 2.75) is 32.6 Å². The minimum atomic E-state index is -4.12. The molecular weight excluding hydrogens is 443 g/mol. The summed E-state index contributed by atoms with van der Waals surface area (Å²) in [6.07, 6.45) is 0. The minimum Gasteiger partial charge on any atom is -0.494 e. The highest BCUT2D eigenvalue weighted by Crippen LogP contribution is 2.27. The van der Waals surface area contributed by atoms with Crippen LogP contribution in [0.4, 0.5) is 15.8 Å². The lowest BCUT2D eigenvalue weighted by molar-refractivity contribution is -0.114. The SMILES string of the molecule is CCOc1ccc(S(=O)(=O)N(CC(=O)Nc2c(C)cc(C)cc2C)c2ccc(F)cc2)cc1. The second-order valence-corrected chi connectivity index (χ2v) is 9.58. The van der Waals surface area contributed by atoms with E-state index >= 15 is 0 Å². The van der Waals surface area contributed by atoms with Crippen LogP contribution in [-0.2, 0) is 14.8 Å². The molecule has 0 spiro atoms. The predicted octanol–water partition coefficient (Wildman–Crippen LogP) is 4.98. The van der Waals surface area contributed by atoms with Crippen LogP contribution in [-0.4, -0.2) is 27.5 Å². The summed E-state index contributed by atoms with van der Waals surface area (Å²) in [6, 6.07) is 14.8. The number of amides is 1. The van der Waals surface area contributed by atoms with Gasteiger partial charge in [0.1, 0.15) is 18.1 Å². The Hall–Kier alpha value is -3.39. The summed E-state index contributed by atoms with van der Waals surface area (Å²) in [4.78, 5) is 12.9. The largest absolute Gasteiger partial charge is 0.494 e. The summed E-state index contributed by atoms with van der Waals surface area (Å²) in [5.41, 5.74) is 3.64. The highest BCUT2D eigenvalue weighted by molar-refractivity contribution is 7.92. The molecule has 3 aromatic carbocycles. The van der Waals surface area contributed by atoms with Gasteiger partial charge in [0, 0.05) is 5.69 Å². The monoisotopic (exact) mass is 470 g/mol. The van der Waals surface area contributed by atoms with Crippen molar-refractivity contribution in [2.24, 2.45) is 0 Å². The molecule has 1 N–H and O–H groups in total. The Kier molecular flexibility index (Phi) is 7.38. The molecule has 0 aliphatic carbocycles. The van der Waals surface area contributed by atoms with Crippen LogP contribution in [0.5, 0.6) is 5.75 Å². The van der Waals surface area contributed by atoms with Gasteiger partial charge in [-0.2, -0.15) is 0 Å². The third-order valence-electron chi connectivity index (χ3n) is 5.07. The molecule has 6 nitrogen and oxygen atoms in total. The minimum absolute atomic E-state index is 0.00854. The Morgan fingerprint density at radius 1 is 0.970 bits per heavy atom. The van der Waals surface area contributed by atoms with Crippen LogP contribution in [0, 0.1) is 26.6 Å². The average Bonchev–Trinajstić information content (AvgIpc) is 2.76. The predicted molar refractivity (Wildman–Crippen MR) is 128 cm³/mol. The van der Waals surface area contributed by atoms with E-state index in [0.717, 1.165) is 33.1 Å². The number of benzene rings is 3. The lowest BCUT2D eigenvalue weighted by Gasteiger charge is -2.24. The molecule has 1 amide bonds. The summed E-state index contributed by atoms with van der Waals surface area (Å²) in [5, 5.41) is 2.83. The number of rotatable bonds is 8. The maximum Gasteiger partial charge on any atom is 0.264 e. The van der Waals surface area contributed by atoms with Crippen molar-refractivity contribution in [3.05, 3.63) is 83.2 Å². The molecule has 0 atom stereocenters. The zero-order valence-corrected chi connectivity index (χ0v) is 19.9. The fourth-order valence-corrected chi connectivity index (χ4v) is 5.03. The summed E-state index contributed by atoms with van der Waals surface area (Å²) in [6.45, 7) is 7.52. The molecule has 33 heavy (non-hydrogen) atoms. The summed E-state index contributed by atoms with van der Waals surface area (Å²) < 4.78 is 46.8. The first-order chi connectivity index (χ1) is 15.6. The number of sulfonamides is 1.